The molecule has 0 aromatic heterocycles. The molecule has 0 aliphatic carbocycles. The van der Waals surface area contributed by atoms with E-state index in [4.69, 9.17) is 4.74 Å². The molecule has 1 heteroatoms. The molecule has 3 aromatic rings. The Morgan fingerprint density at radius 3 is 2.17 bits per heavy atom. The predicted octanol–water partition coefficient (Wildman–Crippen LogP) is 5.65. The zero-order valence-corrected chi connectivity index (χ0v) is 13.3. The van der Waals surface area contributed by atoms with Gasteiger partial charge in [-0.05, 0) is 36.1 Å². The van der Waals surface area contributed by atoms with E-state index in [0.29, 0.717) is 5.92 Å². The number of para-hydroxylation sites is 1. The van der Waals surface area contributed by atoms with Crippen LogP contribution < -0.4 is 4.74 Å². The van der Waals surface area contributed by atoms with Gasteiger partial charge in [-0.2, -0.15) is 0 Å². The first-order valence-corrected chi connectivity index (χ1v) is 8.19. The first-order valence-electron chi connectivity index (χ1n) is 8.19. The van der Waals surface area contributed by atoms with Gasteiger partial charge >= 0.3 is 0 Å². The molecule has 2 atom stereocenters. The van der Waals surface area contributed by atoms with E-state index < -0.39 is 0 Å². The molecule has 3 aromatic carbocycles. The Bertz CT molecular complexity index is 807. The lowest BCUT2D eigenvalue weighted by Gasteiger charge is -2.33. The van der Waals surface area contributed by atoms with E-state index in [-0.39, 0.29) is 6.10 Å². The van der Waals surface area contributed by atoms with Gasteiger partial charge in [-0.1, -0.05) is 72.8 Å². The third-order valence-electron chi connectivity index (χ3n) is 4.75. The average Bonchev–Trinajstić information content (AvgIpc) is 2.62. The van der Waals surface area contributed by atoms with Crippen molar-refractivity contribution in [2.75, 3.05) is 0 Å². The van der Waals surface area contributed by atoms with Crippen LogP contribution in [0.2, 0.25) is 0 Å². The average molecular weight is 300 g/mol. The summed E-state index contributed by atoms with van der Waals surface area (Å²) in [5.74, 6) is 1.40. The van der Waals surface area contributed by atoms with E-state index in [0.717, 1.165) is 12.2 Å². The van der Waals surface area contributed by atoms with Crippen molar-refractivity contribution in [3.8, 4) is 5.75 Å². The molecular weight excluding hydrogens is 280 g/mol. The summed E-state index contributed by atoms with van der Waals surface area (Å²) >= 11 is 0. The third-order valence-corrected chi connectivity index (χ3v) is 4.75. The van der Waals surface area contributed by atoms with Crippen molar-refractivity contribution >= 4 is 0 Å². The maximum atomic E-state index is 6.31. The standard InChI is InChI=1S/C22H20O/c1-16-9-5-6-12-18(16)20-15-22(17-10-3-2-4-11-17)23-21-14-8-7-13-19(20)21/h2-14,20,22H,15H2,1H3. The molecule has 0 saturated heterocycles. The second kappa shape index (κ2) is 5.92. The van der Waals surface area contributed by atoms with Gasteiger partial charge in [0.25, 0.3) is 0 Å². The summed E-state index contributed by atoms with van der Waals surface area (Å²) in [5.41, 5.74) is 5.31. The molecule has 0 radical (unpaired) electrons. The van der Waals surface area contributed by atoms with Crippen LogP contribution in [0.5, 0.6) is 5.75 Å². The van der Waals surface area contributed by atoms with Crippen LogP contribution in [0.1, 0.15) is 40.7 Å². The number of ether oxygens (including phenoxy) is 1. The lowest BCUT2D eigenvalue weighted by atomic mass is 9.81. The molecule has 1 aliphatic heterocycles. The number of hydrogen-bond acceptors (Lipinski definition) is 1. The molecule has 1 heterocycles. The van der Waals surface area contributed by atoms with Crippen molar-refractivity contribution in [3.63, 3.8) is 0 Å². The molecule has 2 unspecified atom stereocenters. The van der Waals surface area contributed by atoms with E-state index >= 15 is 0 Å². The van der Waals surface area contributed by atoms with Crippen LogP contribution >= 0.6 is 0 Å². The quantitative estimate of drug-likeness (QED) is 0.594. The Hall–Kier alpha value is -2.54. The monoisotopic (exact) mass is 300 g/mol. The van der Waals surface area contributed by atoms with Gasteiger partial charge in [0.1, 0.15) is 11.9 Å². The van der Waals surface area contributed by atoms with Gasteiger partial charge in [0.05, 0.1) is 0 Å². The zero-order valence-electron chi connectivity index (χ0n) is 13.3. The smallest absolute Gasteiger partial charge is 0.125 e. The summed E-state index contributed by atoms with van der Waals surface area (Å²) in [4.78, 5) is 0. The predicted molar refractivity (Wildman–Crippen MR) is 93.9 cm³/mol. The lowest BCUT2D eigenvalue weighted by molar-refractivity contribution is 0.167. The molecular formula is C22H20O. The van der Waals surface area contributed by atoms with Crippen molar-refractivity contribution in [2.24, 2.45) is 0 Å². The minimum Gasteiger partial charge on any atom is -0.485 e. The molecule has 0 fully saturated rings. The Balaban J connectivity index is 1.80. The molecule has 114 valence electrons. The van der Waals surface area contributed by atoms with Crippen LogP contribution in [0.15, 0.2) is 78.9 Å². The highest BCUT2D eigenvalue weighted by Crippen LogP contribution is 2.45. The summed E-state index contributed by atoms with van der Waals surface area (Å²) in [6.07, 6.45) is 1.09. The maximum absolute atomic E-state index is 6.31. The number of hydrogen-bond donors (Lipinski definition) is 0. The fourth-order valence-corrected chi connectivity index (χ4v) is 3.56. The van der Waals surface area contributed by atoms with Crippen molar-refractivity contribution in [1.29, 1.82) is 0 Å². The van der Waals surface area contributed by atoms with Gasteiger partial charge in [-0.25, -0.2) is 0 Å². The fourth-order valence-electron chi connectivity index (χ4n) is 3.56. The van der Waals surface area contributed by atoms with Crippen molar-refractivity contribution in [1.82, 2.24) is 0 Å². The van der Waals surface area contributed by atoms with Gasteiger partial charge in [0.15, 0.2) is 0 Å². The molecule has 23 heavy (non-hydrogen) atoms. The van der Waals surface area contributed by atoms with Crippen molar-refractivity contribution < 1.29 is 4.74 Å². The topological polar surface area (TPSA) is 9.23 Å². The molecule has 0 amide bonds. The van der Waals surface area contributed by atoms with E-state index in [9.17, 15) is 0 Å². The summed E-state index contributed by atoms with van der Waals surface area (Å²) in [7, 11) is 0. The van der Waals surface area contributed by atoms with Crippen LogP contribution in [0.25, 0.3) is 0 Å². The Labute approximate surface area is 137 Å². The lowest BCUT2D eigenvalue weighted by Crippen LogP contribution is -2.20. The van der Waals surface area contributed by atoms with Crippen molar-refractivity contribution in [3.05, 3.63) is 101 Å². The van der Waals surface area contributed by atoms with E-state index in [1.807, 2.05) is 0 Å². The number of benzene rings is 3. The molecule has 0 saturated carbocycles. The number of fused-ring (bicyclic) bond motifs is 1. The highest BCUT2D eigenvalue weighted by Gasteiger charge is 2.30. The highest BCUT2D eigenvalue weighted by atomic mass is 16.5. The zero-order chi connectivity index (χ0) is 15.6. The highest BCUT2D eigenvalue weighted by molar-refractivity contribution is 5.46. The number of rotatable bonds is 2. The van der Waals surface area contributed by atoms with Gasteiger partial charge in [0, 0.05) is 11.5 Å². The SMILES string of the molecule is Cc1ccccc1C1CC(c2ccccc2)Oc2ccccc21. The van der Waals surface area contributed by atoms with Crippen LogP contribution in [0.3, 0.4) is 0 Å². The minimum absolute atomic E-state index is 0.107. The third kappa shape index (κ3) is 2.63. The van der Waals surface area contributed by atoms with Crippen LogP contribution in [-0.4, -0.2) is 0 Å². The number of aryl methyl sites for hydroxylation is 1. The summed E-state index contributed by atoms with van der Waals surface area (Å²) in [6.45, 7) is 2.20. The van der Waals surface area contributed by atoms with Gasteiger partial charge in [-0.15, -0.1) is 0 Å². The molecule has 1 nitrogen and oxygen atoms in total. The second-order valence-corrected chi connectivity index (χ2v) is 6.20. The van der Waals surface area contributed by atoms with Crippen LogP contribution in [0.4, 0.5) is 0 Å². The first kappa shape index (κ1) is 14.1. The molecule has 0 bridgehead atoms. The summed E-state index contributed by atoms with van der Waals surface area (Å²) < 4.78 is 6.31. The first-order chi connectivity index (χ1) is 11.3. The Morgan fingerprint density at radius 1 is 0.739 bits per heavy atom. The molecule has 1 aliphatic rings. The molecule has 0 N–H and O–H groups in total. The molecule has 4 rings (SSSR count). The van der Waals surface area contributed by atoms with E-state index in [1.54, 1.807) is 0 Å². The van der Waals surface area contributed by atoms with Crippen LogP contribution in [-0.2, 0) is 0 Å². The molecule has 0 spiro atoms. The minimum atomic E-state index is 0.107. The van der Waals surface area contributed by atoms with Gasteiger partial charge < -0.3 is 4.74 Å². The van der Waals surface area contributed by atoms with E-state index in [2.05, 4.69) is 85.8 Å². The summed E-state index contributed by atoms with van der Waals surface area (Å²) in [5, 5.41) is 0. The normalized spacial score (nSPS) is 19.7. The summed E-state index contributed by atoms with van der Waals surface area (Å²) in [6, 6.07) is 27.7. The fraction of sp³-hybridized carbons (Fsp3) is 0.182. The Kier molecular flexibility index (Phi) is 3.63. The van der Waals surface area contributed by atoms with Gasteiger partial charge in [0.2, 0.25) is 0 Å². The second-order valence-electron chi connectivity index (χ2n) is 6.20. The van der Waals surface area contributed by atoms with Gasteiger partial charge in [-0.3, -0.25) is 0 Å². The van der Waals surface area contributed by atoms with E-state index in [1.165, 1.54) is 22.3 Å². The Morgan fingerprint density at radius 2 is 1.39 bits per heavy atom. The van der Waals surface area contributed by atoms with Crippen LogP contribution in [0, 0.1) is 6.92 Å². The van der Waals surface area contributed by atoms with Crippen molar-refractivity contribution in [2.45, 2.75) is 25.4 Å². The largest absolute Gasteiger partial charge is 0.485 e. The maximum Gasteiger partial charge on any atom is 0.125 e.